The molecule has 1 aromatic carbocycles. The van der Waals surface area contributed by atoms with E-state index in [1.165, 1.54) is 30.2 Å². The molecular formula is C17H24N2O7S. The van der Waals surface area contributed by atoms with Crippen LogP contribution in [0.1, 0.15) is 26.2 Å². The predicted octanol–water partition coefficient (Wildman–Crippen LogP) is 1.80. The smallest absolute Gasteiger partial charge is 0.314 e. The van der Waals surface area contributed by atoms with Crippen LogP contribution in [0.4, 0.5) is 5.69 Å². The van der Waals surface area contributed by atoms with Gasteiger partial charge in [-0.05, 0) is 25.0 Å². The third-order valence-electron chi connectivity index (χ3n) is 4.44. The van der Waals surface area contributed by atoms with E-state index in [0.717, 1.165) is 12.8 Å². The van der Waals surface area contributed by atoms with Crippen LogP contribution in [-0.2, 0) is 14.6 Å². The minimum atomic E-state index is -3.13. The first-order valence-corrected chi connectivity index (χ1v) is 10.5. The van der Waals surface area contributed by atoms with Crippen LogP contribution in [-0.4, -0.2) is 62.0 Å². The van der Waals surface area contributed by atoms with E-state index >= 15 is 0 Å². The highest BCUT2D eigenvalue weighted by Gasteiger charge is 2.34. The monoisotopic (exact) mass is 400 g/mol. The van der Waals surface area contributed by atoms with Gasteiger partial charge < -0.3 is 14.4 Å². The summed E-state index contributed by atoms with van der Waals surface area (Å²) in [6, 6.07) is 3.73. The molecule has 0 radical (unpaired) electrons. The maximum atomic E-state index is 12.6. The number of nitro benzene ring substituents is 1. The molecule has 1 saturated heterocycles. The van der Waals surface area contributed by atoms with Gasteiger partial charge in [-0.3, -0.25) is 14.9 Å². The third-order valence-corrected chi connectivity index (χ3v) is 6.19. The van der Waals surface area contributed by atoms with Crippen LogP contribution >= 0.6 is 0 Å². The Hall–Kier alpha value is -2.36. The van der Waals surface area contributed by atoms with Gasteiger partial charge in [0.15, 0.2) is 22.2 Å². The molecule has 1 aromatic rings. The van der Waals surface area contributed by atoms with E-state index in [1.807, 2.05) is 6.92 Å². The van der Waals surface area contributed by atoms with Gasteiger partial charge in [0, 0.05) is 12.6 Å². The predicted molar refractivity (Wildman–Crippen MR) is 98.8 cm³/mol. The summed E-state index contributed by atoms with van der Waals surface area (Å²) in [6.45, 7) is 2.02. The molecule has 0 spiro atoms. The molecule has 2 rings (SSSR count). The highest BCUT2D eigenvalue weighted by molar-refractivity contribution is 7.91. The van der Waals surface area contributed by atoms with Crippen LogP contribution in [0.2, 0.25) is 0 Å². The molecule has 0 saturated carbocycles. The third kappa shape index (κ3) is 5.56. The first kappa shape index (κ1) is 20.9. The summed E-state index contributed by atoms with van der Waals surface area (Å²) in [4.78, 5) is 24.8. The molecule has 0 unspecified atom stereocenters. The zero-order valence-corrected chi connectivity index (χ0v) is 16.2. The number of benzene rings is 1. The zero-order valence-electron chi connectivity index (χ0n) is 15.4. The van der Waals surface area contributed by atoms with E-state index in [2.05, 4.69) is 0 Å². The van der Waals surface area contributed by atoms with E-state index in [4.69, 9.17) is 9.47 Å². The number of carbonyl (C=O) groups is 1. The summed E-state index contributed by atoms with van der Waals surface area (Å²) < 4.78 is 33.8. The highest BCUT2D eigenvalue weighted by atomic mass is 32.2. The summed E-state index contributed by atoms with van der Waals surface area (Å²) in [5.41, 5.74) is -0.300. The average molecular weight is 400 g/mol. The number of ether oxygens (including phenoxy) is 2. The van der Waals surface area contributed by atoms with E-state index in [9.17, 15) is 23.3 Å². The zero-order chi connectivity index (χ0) is 20.0. The molecule has 150 valence electrons. The molecular weight excluding hydrogens is 376 g/mol. The lowest BCUT2D eigenvalue weighted by molar-refractivity contribution is -0.385. The Kier molecular flexibility index (Phi) is 7.00. The van der Waals surface area contributed by atoms with Crippen molar-refractivity contribution in [3.8, 4) is 11.5 Å². The fourth-order valence-electron chi connectivity index (χ4n) is 2.97. The summed E-state index contributed by atoms with van der Waals surface area (Å²) in [7, 11) is -1.74. The van der Waals surface area contributed by atoms with E-state index in [1.54, 1.807) is 0 Å². The lowest BCUT2D eigenvalue weighted by Crippen LogP contribution is -2.44. The Labute approximate surface area is 158 Å². The van der Waals surface area contributed by atoms with Crippen molar-refractivity contribution in [1.82, 2.24) is 4.90 Å². The number of amides is 1. The average Bonchev–Trinajstić information content (AvgIpc) is 2.99. The number of nitrogens with zero attached hydrogens (tertiary/aromatic N) is 2. The van der Waals surface area contributed by atoms with Crippen LogP contribution < -0.4 is 9.47 Å². The van der Waals surface area contributed by atoms with Gasteiger partial charge in [0.1, 0.15) is 5.75 Å². The molecule has 9 nitrogen and oxygen atoms in total. The lowest BCUT2D eigenvalue weighted by Gasteiger charge is -2.28. The van der Waals surface area contributed by atoms with Gasteiger partial charge in [-0.1, -0.05) is 13.3 Å². The fourth-order valence-corrected chi connectivity index (χ4v) is 4.70. The van der Waals surface area contributed by atoms with Gasteiger partial charge in [-0.25, -0.2) is 8.42 Å². The summed E-state index contributed by atoms with van der Waals surface area (Å²) in [6.07, 6.45) is 2.00. The Bertz CT molecular complexity index is 794. The van der Waals surface area contributed by atoms with Gasteiger partial charge in [-0.15, -0.1) is 0 Å². The molecule has 1 heterocycles. The maximum absolute atomic E-state index is 12.6. The molecule has 1 amide bonds. The summed E-state index contributed by atoms with van der Waals surface area (Å²) >= 11 is 0. The van der Waals surface area contributed by atoms with Crippen molar-refractivity contribution in [3.05, 3.63) is 28.3 Å². The number of unbranched alkanes of at least 4 members (excludes halogenated alkanes) is 1. The minimum Gasteiger partial charge on any atom is -0.496 e. The lowest BCUT2D eigenvalue weighted by atomic mass is 10.2. The van der Waals surface area contributed by atoms with Crippen LogP contribution in [0.25, 0.3) is 0 Å². The van der Waals surface area contributed by atoms with Crippen molar-refractivity contribution in [2.24, 2.45) is 0 Å². The Balaban J connectivity index is 2.10. The number of carbonyl (C=O) groups excluding carboxylic acids is 1. The van der Waals surface area contributed by atoms with Crippen molar-refractivity contribution in [2.75, 3.05) is 31.8 Å². The number of sulfone groups is 1. The number of hydrogen-bond acceptors (Lipinski definition) is 7. The molecule has 1 fully saturated rings. The molecule has 10 heteroatoms. The number of hydrogen-bond donors (Lipinski definition) is 0. The fraction of sp³-hybridized carbons (Fsp3) is 0.588. The molecule has 27 heavy (non-hydrogen) atoms. The molecule has 0 aliphatic carbocycles. The van der Waals surface area contributed by atoms with Crippen LogP contribution in [0.15, 0.2) is 18.2 Å². The molecule has 1 aliphatic heterocycles. The molecule has 1 aliphatic rings. The van der Waals surface area contributed by atoms with Gasteiger partial charge >= 0.3 is 5.69 Å². The SMILES string of the molecule is CCCCN(C(=O)COc1ccc(OC)cc1[N+](=O)[O-])[C@@H]1CCS(=O)(=O)C1. The second-order valence-electron chi connectivity index (χ2n) is 6.38. The highest BCUT2D eigenvalue weighted by Crippen LogP contribution is 2.31. The standard InChI is InChI=1S/C17H24N2O7S/c1-3-4-8-18(13-7-9-27(23,24)12-13)17(20)11-26-16-6-5-14(25-2)10-15(16)19(21)22/h5-6,10,13H,3-4,7-9,11-12H2,1-2H3/t13-/m1/s1. The van der Waals surface area contributed by atoms with E-state index < -0.39 is 21.4 Å². The molecule has 0 bridgehead atoms. The maximum Gasteiger partial charge on any atom is 0.314 e. The van der Waals surface area contributed by atoms with Crippen molar-refractivity contribution in [1.29, 1.82) is 0 Å². The van der Waals surface area contributed by atoms with Crippen LogP contribution in [0.3, 0.4) is 0 Å². The van der Waals surface area contributed by atoms with Crippen LogP contribution in [0.5, 0.6) is 11.5 Å². The first-order valence-electron chi connectivity index (χ1n) is 8.72. The summed E-state index contributed by atoms with van der Waals surface area (Å²) in [5, 5.41) is 11.2. The minimum absolute atomic E-state index is 0.0383. The second-order valence-corrected chi connectivity index (χ2v) is 8.61. The number of rotatable bonds is 9. The van der Waals surface area contributed by atoms with Crippen molar-refractivity contribution < 1.29 is 27.6 Å². The molecule has 0 aromatic heterocycles. The molecule has 1 atom stereocenters. The molecule has 0 N–H and O–H groups in total. The van der Waals surface area contributed by atoms with Crippen LogP contribution in [0, 0.1) is 10.1 Å². The normalized spacial score (nSPS) is 18.1. The van der Waals surface area contributed by atoms with Crippen molar-refractivity contribution >= 4 is 21.4 Å². The van der Waals surface area contributed by atoms with Gasteiger partial charge in [0.2, 0.25) is 0 Å². The second kappa shape index (κ2) is 9.03. The number of nitro groups is 1. The van der Waals surface area contributed by atoms with E-state index in [-0.39, 0.29) is 34.9 Å². The topological polar surface area (TPSA) is 116 Å². The Morgan fingerprint density at radius 3 is 2.70 bits per heavy atom. The van der Waals surface area contributed by atoms with Crippen molar-refractivity contribution in [2.45, 2.75) is 32.2 Å². The quantitative estimate of drug-likeness (QED) is 0.458. The van der Waals surface area contributed by atoms with E-state index in [0.29, 0.717) is 18.7 Å². The Morgan fingerprint density at radius 2 is 2.15 bits per heavy atom. The van der Waals surface area contributed by atoms with Gasteiger partial charge in [0.25, 0.3) is 5.91 Å². The Morgan fingerprint density at radius 1 is 1.41 bits per heavy atom. The summed E-state index contributed by atoms with van der Waals surface area (Å²) in [5.74, 6) is -0.0934. The number of methoxy groups -OCH3 is 1. The van der Waals surface area contributed by atoms with Gasteiger partial charge in [-0.2, -0.15) is 0 Å². The first-order chi connectivity index (χ1) is 12.8. The largest absolute Gasteiger partial charge is 0.496 e. The van der Waals surface area contributed by atoms with Crippen molar-refractivity contribution in [3.63, 3.8) is 0 Å². The van der Waals surface area contributed by atoms with Gasteiger partial charge in [0.05, 0.1) is 29.6 Å².